The van der Waals surface area contributed by atoms with E-state index >= 15 is 0 Å². The molecule has 1 aliphatic heterocycles. The van der Waals surface area contributed by atoms with Gasteiger partial charge in [-0.2, -0.15) is 15.0 Å². The highest BCUT2D eigenvalue weighted by molar-refractivity contribution is 5.81. The number of aliphatic imine (C=N–C) groups is 1. The van der Waals surface area contributed by atoms with Crippen LogP contribution in [0.1, 0.15) is 22.9 Å². The Bertz CT molecular complexity index is 919. The summed E-state index contributed by atoms with van der Waals surface area (Å²) in [7, 11) is 1.99. The maximum atomic E-state index is 9.17. The number of aliphatic hydroxyl groups excluding tert-OH is 1. The second-order valence-electron chi connectivity index (χ2n) is 6.58. The highest BCUT2D eigenvalue weighted by Gasteiger charge is 2.22. The molecule has 0 radical (unpaired) electrons. The largest absolute Gasteiger partial charge is 0.392 e. The first-order chi connectivity index (χ1) is 13.2. The van der Waals surface area contributed by atoms with Gasteiger partial charge in [0, 0.05) is 7.05 Å². The minimum Gasteiger partial charge on any atom is -0.392 e. The van der Waals surface area contributed by atoms with Gasteiger partial charge in [0.2, 0.25) is 0 Å². The van der Waals surface area contributed by atoms with Gasteiger partial charge < -0.3 is 15.3 Å². The van der Waals surface area contributed by atoms with E-state index in [0.717, 1.165) is 28.5 Å². The Balaban J connectivity index is 1.38. The molecule has 7 heteroatoms. The fourth-order valence-corrected chi connectivity index (χ4v) is 3.07. The molecule has 1 aromatic heterocycles. The first kappa shape index (κ1) is 17.2. The van der Waals surface area contributed by atoms with Gasteiger partial charge >= 0.3 is 0 Å². The zero-order valence-electron chi connectivity index (χ0n) is 15.2. The predicted octanol–water partition coefficient (Wildman–Crippen LogP) is 1.89. The molecule has 0 bridgehead atoms. The average Bonchev–Trinajstić information content (AvgIpc) is 3.39. The number of benzene rings is 2. The third-order valence-electron chi connectivity index (χ3n) is 4.58. The molecule has 27 heavy (non-hydrogen) atoms. The first-order valence-corrected chi connectivity index (χ1v) is 8.91. The molecule has 4 rings (SSSR count). The number of hydrogen-bond acceptors (Lipinski definition) is 6. The Morgan fingerprint density at radius 3 is 2.67 bits per heavy atom. The molecular weight excluding hydrogens is 340 g/mol. The van der Waals surface area contributed by atoms with E-state index in [2.05, 4.69) is 20.5 Å². The Labute approximate surface area is 158 Å². The molecule has 2 heterocycles. The summed E-state index contributed by atoms with van der Waals surface area (Å²) in [4.78, 5) is 8.30. The molecule has 138 valence electrons. The quantitative estimate of drug-likeness (QED) is 0.725. The Hall–Kier alpha value is -3.19. The monoisotopic (exact) mass is 362 g/mol. The summed E-state index contributed by atoms with van der Waals surface area (Å²) in [5.74, 6) is 0.848. The Kier molecular flexibility index (Phi) is 4.84. The van der Waals surface area contributed by atoms with Gasteiger partial charge in [0.05, 0.1) is 37.6 Å². The first-order valence-electron chi connectivity index (χ1n) is 8.91. The number of aliphatic hydroxyl groups is 1. The number of hydrogen-bond donors (Lipinski definition) is 2. The van der Waals surface area contributed by atoms with Gasteiger partial charge in [0.25, 0.3) is 0 Å². The number of aromatic nitrogens is 3. The van der Waals surface area contributed by atoms with Gasteiger partial charge in [-0.15, -0.1) is 0 Å². The van der Waals surface area contributed by atoms with E-state index in [1.54, 1.807) is 11.0 Å². The van der Waals surface area contributed by atoms with Gasteiger partial charge in [0.1, 0.15) is 5.69 Å². The standard InChI is InChI=1S/C20H22N6O/c1-25(13-17-11-22-26(24-17)18-5-3-2-4-6-18)20-21-12-19(23-20)16-9-7-15(14-27)8-10-16/h2-11,19,27H,12-14H2,1H3,(H,21,23). The maximum absolute atomic E-state index is 9.17. The van der Waals surface area contributed by atoms with Crippen LogP contribution in [-0.4, -0.2) is 44.6 Å². The van der Waals surface area contributed by atoms with Crippen LogP contribution in [0, 0.1) is 0 Å². The van der Waals surface area contributed by atoms with Gasteiger partial charge in [-0.1, -0.05) is 42.5 Å². The van der Waals surface area contributed by atoms with Crippen LogP contribution in [0.4, 0.5) is 0 Å². The lowest BCUT2D eigenvalue weighted by molar-refractivity contribution is 0.282. The fourth-order valence-electron chi connectivity index (χ4n) is 3.07. The van der Waals surface area contributed by atoms with Crippen molar-refractivity contribution in [2.24, 2.45) is 4.99 Å². The molecule has 0 spiro atoms. The smallest absolute Gasteiger partial charge is 0.194 e. The summed E-state index contributed by atoms with van der Waals surface area (Å²) in [6.45, 7) is 1.37. The Morgan fingerprint density at radius 2 is 1.93 bits per heavy atom. The van der Waals surface area contributed by atoms with Crippen LogP contribution in [0.2, 0.25) is 0 Å². The number of rotatable bonds is 5. The fraction of sp³-hybridized carbons (Fsp3) is 0.250. The van der Waals surface area contributed by atoms with Gasteiger partial charge in [-0.3, -0.25) is 4.99 Å². The van der Waals surface area contributed by atoms with Crippen molar-refractivity contribution in [2.75, 3.05) is 13.6 Å². The number of nitrogens with one attached hydrogen (secondary N) is 1. The highest BCUT2D eigenvalue weighted by atomic mass is 16.3. The van der Waals surface area contributed by atoms with Crippen LogP contribution in [0.15, 0.2) is 65.8 Å². The summed E-state index contributed by atoms with van der Waals surface area (Å²) in [6.07, 6.45) is 1.78. The van der Waals surface area contributed by atoms with E-state index in [0.29, 0.717) is 13.1 Å². The van der Waals surface area contributed by atoms with Crippen LogP contribution < -0.4 is 5.32 Å². The normalized spacial score (nSPS) is 16.1. The van der Waals surface area contributed by atoms with Crippen LogP contribution in [0.5, 0.6) is 0 Å². The molecule has 0 saturated carbocycles. The maximum Gasteiger partial charge on any atom is 0.194 e. The summed E-state index contributed by atoms with van der Waals surface area (Å²) >= 11 is 0. The molecule has 2 N–H and O–H groups in total. The Morgan fingerprint density at radius 1 is 1.15 bits per heavy atom. The zero-order chi connectivity index (χ0) is 18.6. The molecule has 0 fully saturated rings. The van der Waals surface area contributed by atoms with Crippen LogP contribution in [0.3, 0.4) is 0 Å². The molecule has 2 aromatic carbocycles. The topological polar surface area (TPSA) is 78.6 Å². The van der Waals surface area contributed by atoms with Crippen molar-refractivity contribution < 1.29 is 5.11 Å². The van der Waals surface area contributed by atoms with Crippen molar-refractivity contribution in [3.63, 3.8) is 0 Å². The van der Waals surface area contributed by atoms with Crippen molar-refractivity contribution in [1.82, 2.24) is 25.2 Å². The van der Waals surface area contributed by atoms with Crippen molar-refractivity contribution >= 4 is 5.96 Å². The highest BCUT2D eigenvalue weighted by Crippen LogP contribution is 2.19. The van der Waals surface area contributed by atoms with E-state index in [1.807, 2.05) is 66.5 Å². The zero-order valence-corrected chi connectivity index (χ0v) is 15.2. The van der Waals surface area contributed by atoms with Crippen molar-refractivity contribution in [3.8, 4) is 5.69 Å². The molecule has 7 nitrogen and oxygen atoms in total. The van der Waals surface area contributed by atoms with Gasteiger partial charge in [0.15, 0.2) is 5.96 Å². The molecule has 0 saturated heterocycles. The molecule has 0 amide bonds. The minimum atomic E-state index is 0.0620. The van der Waals surface area contributed by atoms with E-state index in [-0.39, 0.29) is 12.6 Å². The third kappa shape index (κ3) is 3.83. The second-order valence-corrected chi connectivity index (χ2v) is 6.58. The molecule has 1 unspecified atom stereocenters. The lowest BCUT2D eigenvalue weighted by Gasteiger charge is -2.20. The molecule has 1 atom stereocenters. The summed E-state index contributed by atoms with van der Waals surface area (Å²) < 4.78 is 0. The summed E-state index contributed by atoms with van der Waals surface area (Å²) in [5, 5.41) is 21.5. The van der Waals surface area contributed by atoms with E-state index in [1.165, 1.54) is 0 Å². The summed E-state index contributed by atoms with van der Waals surface area (Å²) in [6, 6.07) is 18.0. The average molecular weight is 362 g/mol. The number of guanidine groups is 1. The lowest BCUT2D eigenvalue weighted by atomic mass is 10.1. The van der Waals surface area contributed by atoms with Crippen molar-refractivity contribution in [1.29, 1.82) is 0 Å². The SMILES string of the molecule is CN(Cc1cnn(-c2ccccc2)n1)C1=NCC(c2ccc(CO)cc2)N1. The van der Waals surface area contributed by atoms with E-state index < -0.39 is 0 Å². The molecular formula is C20H22N6O. The van der Waals surface area contributed by atoms with E-state index in [4.69, 9.17) is 5.11 Å². The van der Waals surface area contributed by atoms with Crippen LogP contribution >= 0.6 is 0 Å². The number of para-hydroxylation sites is 1. The lowest BCUT2D eigenvalue weighted by Crippen LogP contribution is -2.36. The van der Waals surface area contributed by atoms with Crippen LogP contribution in [-0.2, 0) is 13.2 Å². The predicted molar refractivity (Wildman–Crippen MR) is 103 cm³/mol. The van der Waals surface area contributed by atoms with E-state index in [9.17, 15) is 0 Å². The van der Waals surface area contributed by atoms with Gasteiger partial charge in [-0.05, 0) is 23.3 Å². The summed E-state index contributed by atoms with van der Waals surface area (Å²) in [5.41, 5.74) is 3.89. The van der Waals surface area contributed by atoms with Crippen molar-refractivity contribution in [3.05, 3.63) is 77.6 Å². The van der Waals surface area contributed by atoms with Gasteiger partial charge in [-0.25, -0.2) is 0 Å². The molecule has 0 aliphatic carbocycles. The minimum absolute atomic E-state index is 0.0620. The molecule has 1 aliphatic rings. The van der Waals surface area contributed by atoms with Crippen LogP contribution in [0.25, 0.3) is 5.69 Å². The van der Waals surface area contributed by atoms with Crippen molar-refractivity contribution in [2.45, 2.75) is 19.2 Å². The second kappa shape index (κ2) is 7.59. The third-order valence-corrected chi connectivity index (χ3v) is 4.58. The molecule has 3 aromatic rings. The number of nitrogens with zero attached hydrogens (tertiary/aromatic N) is 5.